The van der Waals surface area contributed by atoms with Crippen molar-refractivity contribution in [1.29, 1.82) is 0 Å². The Bertz CT molecular complexity index is 1210. The molecular weight excluding hydrogens is 480 g/mol. The van der Waals surface area contributed by atoms with E-state index in [4.69, 9.17) is 11.6 Å². The van der Waals surface area contributed by atoms with Gasteiger partial charge >= 0.3 is 0 Å². The molecule has 1 amide bonds. The molecule has 0 saturated carbocycles. The molecule has 0 radical (unpaired) electrons. The molecule has 0 aliphatic heterocycles. The van der Waals surface area contributed by atoms with Gasteiger partial charge in [0.15, 0.2) is 20.8 Å². The molecule has 0 bridgehead atoms. The van der Waals surface area contributed by atoms with Crippen molar-refractivity contribution in [2.24, 2.45) is 0 Å². The smallest absolute Gasteiger partial charge is 0.244 e. The van der Waals surface area contributed by atoms with E-state index in [2.05, 4.69) is 9.88 Å². The molecule has 0 saturated heterocycles. The van der Waals surface area contributed by atoms with Crippen LogP contribution in [-0.4, -0.2) is 56.1 Å². The normalized spacial score (nSPS) is 11.9. The number of carbonyl (C=O) groups excluding carboxylic acids is 1. The highest BCUT2D eigenvalue weighted by atomic mass is 35.5. The maximum absolute atomic E-state index is 14.2. The Kier molecular flexibility index (Phi) is 7.81. The summed E-state index contributed by atoms with van der Waals surface area (Å²) in [6.07, 6.45) is 0. The van der Waals surface area contributed by atoms with Crippen LogP contribution in [0.15, 0.2) is 41.3 Å². The average Bonchev–Trinajstić information content (AvgIpc) is 3.15. The van der Waals surface area contributed by atoms with Gasteiger partial charge < -0.3 is 4.90 Å². The van der Waals surface area contributed by atoms with Crippen LogP contribution >= 0.6 is 22.9 Å². The van der Waals surface area contributed by atoms with Gasteiger partial charge in [-0.3, -0.25) is 9.69 Å². The molecule has 6 nitrogen and oxygen atoms in total. The number of benzene rings is 2. The Labute approximate surface area is 194 Å². The zero-order chi connectivity index (χ0) is 23.5. The lowest BCUT2D eigenvalue weighted by atomic mass is 10.3. The molecule has 32 heavy (non-hydrogen) atoms. The Hall–Kier alpha value is -2.14. The fourth-order valence-corrected chi connectivity index (χ4v) is 5.51. The van der Waals surface area contributed by atoms with Crippen LogP contribution in [0.2, 0.25) is 5.02 Å². The highest BCUT2D eigenvalue weighted by Crippen LogP contribution is 2.31. The molecule has 0 aliphatic carbocycles. The van der Waals surface area contributed by atoms with Gasteiger partial charge in [0.25, 0.3) is 0 Å². The van der Waals surface area contributed by atoms with E-state index in [1.165, 1.54) is 29.2 Å². The highest BCUT2D eigenvalue weighted by Gasteiger charge is 2.27. The number of thiazole rings is 1. The topological polar surface area (TPSA) is 70.6 Å². The van der Waals surface area contributed by atoms with Crippen molar-refractivity contribution < 1.29 is 22.0 Å². The molecule has 11 heteroatoms. The van der Waals surface area contributed by atoms with Crippen LogP contribution in [0.25, 0.3) is 10.2 Å². The van der Waals surface area contributed by atoms with Crippen molar-refractivity contribution in [3.63, 3.8) is 0 Å². The van der Waals surface area contributed by atoms with Crippen molar-refractivity contribution in [2.45, 2.75) is 18.7 Å². The van der Waals surface area contributed by atoms with Crippen molar-refractivity contribution >= 4 is 54.0 Å². The number of anilines is 1. The number of likely N-dealkylation sites (N-methyl/N-ethyl adjacent to an activating group) is 1. The molecule has 0 atom stereocenters. The Morgan fingerprint density at radius 2 is 1.75 bits per heavy atom. The molecule has 0 aliphatic rings. The van der Waals surface area contributed by atoms with Crippen molar-refractivity contribution in [2.75, 3.05) is 36.8 Å². The minimum absolute atomic E-state index is 0.0311. The first-order valence-corrected chi connectivity index (χ1v) is 12.8. The van der Waals surface area contributed by atoms with Gasteiger partial charge in [-0.15, -0.1) is 0 Å². The summed E-state index contributed by atoms with van der Waals surface area (Å²) in [6.45, 7) is 6.03. The van der Waals surface area contributed by atoms with Crippen LogP contribution in [0.1, 0.15) is 13.8 Å². The van der Waals surface area contributed by atoms with Gasteiger partial charge in [0.1, 0.15) is 17.1 Å². The van der Waals surface area contributed by atoms with Gasteiger partial charge in [-0.25, -0.2) is 22.2 Å². The molecule has 0 unspecified atom stereocenters. The molecule has 3 rings (SSSR count). The fourth-order valence-electron chi connectivity index (χ4n) is 3.13. The van der Waals surface area contributed by atoms with Crippen LogP contribution in [0.3, 0.4) is 0 Å². The minimum atomic E-state index is -3.94. The molecule has 1 aromatic heterocycles. The molecule has 0 spiro atoms. The number of aromatic nitrogens is 1. The number of carbonyl (C=O) groups is 1. The van der Waals surface area contributed by atoms with E-state index in [9.17, 15) is 22.0 Å². The van der Waals surface area contributed by atoms with E-state index >= 15 is 0 Å². The average molecular weight is 502 g/mol. The third kappa shape index (κ3) is 5.61. The molecule has 3 aromatic rings. The Balaban J connectivity index is 1.94. The summed E-state index contributed by atoms with van der Waals surface area (Å²) in [5.74, 6) is -3.09. The number of sulfone groups is 1. The summed E-state index contributed by atoms with van der Waals surface area (Å²) in [4.78, 5) is 20.5. The van der Waals surface area contributed by atoms with Crippen LogP contribution in [-0.2, 0) is 14.6 Å². The standard InChI is InChI=1S/C21H22ClF2N3O3S2/c1-3-26(4-2)9-10-27(21-25-20-17(24)11-15(23)12-18(20)31-21)19(28)13-32(29,30)16-7-5-14(22)6-8-16/h5-8,11-12H,3-4,9-10,13H2,1-2H3. The fraction of sp³-hybridized carbons (Fsp3) is 0.333. The van der Waals surface area contributed by atoms with Gasteiger partial charge in [-0.2, -0.15) is 0 Å². The SMILES string of the molecule is CCN(CC)CCN(C(=O)CS(=O)(=O)c1ccc(Cl)cc1)c1nc2c(F)cc(F)cc2s1. The van der Waals surface area contributed by atoms with Crippen LogP contribution in [0, 0.1) is 11.6 Å². The number of fused-ring (bicyclic) bond motifs is 1. The van der Waals surface area contributed by atoms with E-state index < -0.39 is 33.1 Å². The van der Waals surface area contributed by atoms with Crippen molar-refractivity contribution in [3.8, 4) is 0 Å². The molecular formula is C21H22ClF2N3O3S2. The monoisotopic (exact) mass is 501 g/mol. The number of nitrogens with zero attached hydrogens (tertiary/aromatic N) is 3. The van der Waals surface area contributed by atoms with E-state index in [1.807, 2.05) is 13.8 Å². The van der Waals surface area contributed by atoms with Gasteiger partial charge in [0, 0.05) is 24.2 Å². The largest absolute Gasteiger partial charge is 0.302 e. The number of hydrogen-bond acceptors (Lipinski definition) is 6. The first kappa shape index (κ1) is 24.5. The summed E-state index contributed by atoms with van der Waals surface area (Å²) < 4.78 is 53.6. The van der Waals surface area contributed by atoms with Gasteiger partial charge in [-0.1, -0.05) is 36.8 Å². The van der Waals surface area contributed by atoms with E-state index in [0.717, 1.165) is 36.6 Å². The lowest BCUT2D eigenvalue weighted by Crippen LogP contribution is -2.41. The zero-order valence-corrected chi connectivity index (χ0v) is 19.9. The second-order valence-electron chi connectivity index (χ2n) is 7.02. The quantitative estimate of drug-likeness (QED) is 0.435. The maximum Gasteiger partial charge on any atom is 0.244 e. The molecule has 172 valence electrons. The Morgan fingerprint density at radius 1 is 1.09 bits per heavy atom. The van der Waals surface area contributed by atoms with Crippen molar-refractivity contribution in [3.05, 3.63) is 53.1 Å². The summed E-state index contributed by atoms with van der Waals surface area (Å²) in [7, 11) is -3.94. The summed E-state index contributed by atoms with van der Waals surface area (Å²) in [5, 5.41) is 0.493. The third-order valence-electron chi connectivity index (χ3n) is 4.95. The second kappa shape index (κ2) is 10.2. The summed E-state index contributed by atoms with van der Waals surface area (Å²) in [5.41, 5.74) is -0.0624. The second-order valence-corrected chi connectivity index (χ2v) is 10.5. The van der Waals surface area contributed by atoms with Gasteiger partial charge in [0.2, 0.25) is 5.91 Å². The zero-order valence-electron chi connectivity index (χ0n) is 17.5. The van der Waals surface area contributed by atoms with Crippen LogP contribution in [0.5, 0.6) is 0 Å². The molecule has 0 N–H and O–H groups in total. The minimum Gasteiger partial charge on any atom is -0.302 e. The van der Waals surface area contributed by atoms with Crippen molar-refractivity contribution in [1.82, 2.24) is 9.88 Å². The molecule has 2 aromatic carbocycles. The lowest BCUT2D eigenvalue weighted by molar-refractivity contribution is -0.116. The van der Waals surface area contributed by atoms with Gasteiger partial charge in [0.05, 0.1) is 9.60 Å². The third-order valence-corrected chi connectivity index (χ3v) is 7.85. The predicted octanol–water partition coefficient (Wildman–Crippen LogP) is 4.38. The highest BCUT2D eigenvalue weighted by molar-refractivity contribution is 7.92. The number of rotatable bonds is 9. The first-order valence-electron chi connectivity index (χ1n) is 9.91. The Morgan fingerprint density at radius 3 is 2.38 bits per heavy atom. The summed E-state index contributed by atoms with van der Waals surface area (Å²) in [6, 6.07) is 7.39. The van der Waals surface area contributed by atoms with Gasteiger partial charge in [-0.05, 0) is 43.4 Å². The van der Waals surface area contributed by atoms with E-state index in [1.54, 1.807) is 0 Å². The van der Waals surface area contributed by atoms with Crippen LogP contribution < -0.4 is 4.90 Å². The summed E-state index contributed by atoms with van der Waals surface area (Å²) >= 11 is 6.76. The molecule has 1 heterocycles. The number of hydrogen-bond donors (Lipinski definition) is 0. The van der Waals surface area contributed by atoms with E-state index in [-0.39, 0.29) is 26.8 Å². The molecule has 0 fully saturated rings. The van der Waals surface area contributed by atoms with Crippen LogP contribution in [0.4, 0.5) is 13.9 Å². The first-order chi connectivity index (χ1) is 15.1. The maximum atomic E-state index is 14.2. The number of amides is 1. The number of halogens is 3. The van der Waals surface area contributed by atoms with E-state index in [0.29, 0.717) is 11.6 Å². The predicted molar refractivity (Wildman–Crippen MR) is 123 cm³/mol. The lowest BCUT2D eigenvalue weighted by Gasteiger charge is -2.24.